The normalized spacial score (nSPS) is 29.6. The Morgan fingerprint density at radius 3 is 2.84 bits per heavy atom. The van der Waals surface area contributed by atoms with Crippen molar-refractivity contribution >= 4 is 11.9 Å². The van der Waals surface area contributed by atoms with Crippen molar-refractivity contribution in [2.24, 2.45) is 5.92 Å². The second-order valence-electron chi connectivity index (χ2n) is 5.60. The van der Waals surface area contributed by atoms with Gasteiger partial charge in [-0.1, -0.05) is 25.1 Å². The molecular weight excluding hydrogens is 242 g/mol. The van der Waals surface area contributed by atoms with Crippen LogP contribution in [0.15, 0.2) is 24.3 Å². The molecule has 1 aromatic rings. The number of hydrogen-bond acceptors (Lipinski definition) is 2. The maximum Gasteiger partial charge on any atom is 0.313 e. The van der Waals surface area contributed by atoms with Crippen LogP contribution in [-0.4, -0.2) is 34.5 Å². The Morgan fingerprint density at radius 1 is 1.37 bits per heavy atom. The Bertz CT molecular complexity index is 540. The van der Waals surface area contributed by atoms with Crippen LogP contribution in [-0.2, 0) is 4.79 Å². The van der Waals surface area contributed by atoms with Gasteiger partial charge in [-0.25, -0.2) is 0 Å². The Balaban J connectivity index is 2.12. The van der Waals surface area contributed by atoms with Crippen molar-refractivity contribution in [1.29, 1.82) is 0 Å². The van der Waals surface area contributed by atoms with Gasteiger partial charge in [0.25, 0.3) is 5.91 Å². The van der Waals surface area contributed by atoms with Gasteiger partial charge < -0.3 is 10.0 Å². The summed E-state index contributed by atoms with van der Waals surface area (Å²) < 4.78 is 0. The van der Waals surface area contributed by atoms with E-state index >= 15 is 0 Å². The number of rotatable bonds is 1. The first-order valence-corrected chi connectivity index (χ1v) is 6.72. The first-order chi connectivity index (χ1) is 9.09. The van der Waals surface area contributed by atoms with E-state index in [9.17, 15) is 14.7 Å². The van der Waals surface area contributed by atoms with Crippen molar-refractivity contribution in [1.82, 2.24) is 4.90 Å². The van der Waals surface area contributed by atoms with Gasteiger partial charge in [0.1, 0.15) is 5.92 Å². The average molecular weight is 259 g/mol. The third-order valence-corrected chi connectivity index (χ3v) is 4.34. The van der Waals surface area contributed by atoms with Gasteiger partial charge in [-0.3, -0.25) is 9.59 Å². The third-order valence-electron chi connectivity index (χ3n) is 4.34. The highest BCUT2D eigenvalue weighted by atomic mass is 16.4. The number of carbonyl (C=O) groups excluding carboxylic acids is 1. The van der Waals surface area contributed by atoms with Gasteiger partial charge in [-0.05, 0) is 30.4 Å². The van der Waals surface area contributed by atoms with Crippen molar-refractivity contribution in [3.05, 3.63) is 35.4 Å². The lowest BCUT2D eigenvalue weighted by Crippen LogP contribution is -2.53. The molecule has 2 aliphatic rings. The van der Waals surface area contributed by atoms with E-state index in [0.717, 1.165) is 12.8 Å². The molecule has 3 rings (SSSR count). The summed E-state index contributed by atoms with van der Waals surface area (Å²) in [7, 11) is 0. The van der Waals surface area contributed by atoms with E-state index in [0.29, 0.717) is 23.6 Å². The lowest BCUT2D eigenvalue weighted by molar-refractivity contribution is -0.141. The summed E-state index contributed by atoms with van der Waals surface area (Å²) in [4.78, 5) is 25.9. The van der Waals surface area contributed by atoms with E-state index in [1.807, 2.05) is 6.07 Å². The van der Waals surface area contributed by atoms with Crippen molar-refractivity contribution in [3.8, 4) is 0 Å². The highest BCUT2D eigenvalue weighted by molar-refractivity contribution is 6.00. The van der Waals surface area contributed by atoms with Crippen LogP contribution >= 0.6 is 0 Å². The molecule has 0 aliphatic carbocycles. The minimum atomic E-state index is -0.830. The standard InChI is InChI=1S/C15H17NO3/c1-9-6-7-16-12(8-9)13(15(18)19)10-4-2-3-5-11(10)14(16)17/h2-5,9,12-13H,6-8H2,1H3,(H,18,19)/t9-,12+,13+/m1/s1. The lowest BCUT2D eigenvalue weighted by atomic mass is 9.76. The highest BCUT2D eigenvalue weighted by Crippen LogP contribution is 2.39. The molecule has 2 aliphatic heterocycles. The number of amides is 1. The fraction of sp³-hybridized carbons (Fsp3) is 0.467. The van der Waals surface area contributed by atoms with Crippen LogP contribution in [0.3, 0.4) is 0 Å². The maximum absolute atomic E-state index is 12.5. The number of hydrogen-bond donors (Lipinski definition) is 1. The molecule has 4 heteroatoms. The molecule has 0 aromatic heterocycles. The average Bonchev–Trinajstić information content (AvgIpc) is 2.38. The van der Waals surface area contributed by atoms with Crippen LogP contribution < -0.4 is 0 Å². The van der Waals surface area contributed by atoms with Crippen molar-refractivity contribution in [2.45, 2.75) is 31.7 Å². The zero-order valence-corrected chi connectivity index (χ0v) is 10.9. The Labute approximate surface area is 112 Å². The minimum absolute atomic E-state index is 0.00926. The lowest BCUT2D eigenvalue weighted by Gasteiger charge is -2.45. The number of nitrogens with zero attached hydrogens (tertiary/aromatic N) is 1. The molecule has 0 unspecified atom stereocenters. The van der Waals surface area contributed by atoms with Crippen LogP contribution in [0.25, 0.3) is 0 Å². The van der Waals surface area contributed by atoms with Crippen LogP contribution in [0.2, 0.25) is 0 Å². The number of piperidine rings is 1. The number of carbonyl (C=O) groups is 2. The molecule has 1 fully saturated rings. The van der Waals surface area contributed by atoms with Crippen LogP contribution in [0.5, 0.6) is 0 Å². The third kappa shape index (κ3) is 1.82. The van der Waals surface area contributed by atoms with E-state index in [-0.39, 0.29) is 11.9 Å². The Hall–Kier alpha value is -1.84. The summed E-state index contributed by atoms with van der Waals surface area (Å²) in [5, 5.41) is 9.56. The molecule has 0 radical (unpaired) electrons. The number of carboxylic acid groups (broad SMARTS) is 1. The molecule has 1 amide bonds. The molecular formula is C15H17NO3. The van der Waals surface area contributed by atoms with E-state index < -0.39 is 11.9 Å². The number of aliphatic carboxylic acids is 1. The fourth-order valence-corrected chi connectivity index (χ4v) is 3.37. The second-order valence-corrected chi connectivity index (χ2v) is 5.60. The number of carboxylic acids is 1. The molecule has 1 N–H and O–H groups in total. The van der Waals surface area contributed by atoms with E-state index in [4.69, 9.17) is 0 Å². The van der Waals surface area contributed by atoms with Crippen LogP contribution in [0, 0.1) is 5.92 Å². The summed E-state index contributed by atoms with van der Waals surface area (Å²) in [5.41, 5.74) is 1.23. The van der Waals surface area contributed by atoms with Gasteiger partial charge in [0, 0.05) is 18.2 Å². The van der Waals surface area contributed by atoms with Gasteiger partial charge in [0.15, 0.2) is 0 Å². The molecule has 1 aromatic carbocycles. The first-order valence-electron chi connectivity index (χ1n) is 6.72. The molecule has 1 saturated heterocycles. The minimum Gasteiger partial charge on any atom is -0.481 e. The zero-order chi connectivity index (χ0) is 13.6. The zero-order valence-electron chi connectivity index (χ0n) is 10.9. The predicted molar refractivity (Wildman–Crippen MR) is 70.0 cm³/mol. The summed E-state index contributed by atoms with van der Waals surface area (Å²) in [5.74, 6) is -0.952. The highest BCUT2D eigenvalue weighted by Gasteiger charge is 2.45. The molecule has 0 bridgehead atoms. The topological polar surface area (TPSA) is 57.6 Å². The van der Waals surface area contributed by atoms with E-state index in [1.54, 1.807) is 23.1 Å². The van der Waals surface area contributed by atoms with E-state index in [1.165, 1.54) is 0 Å². The Morgan fingerprint density at radius 2 is 2.11 bits per heavy atom. The Kier molecular flexibility index (Phi) is 2.81. The summed E-state index contributed by atoms with van der Waals surface area (Å²) in [6, 6.07) is 6.93. The smallest absolute Gasteiger partial charge is 0.313 e. The van der Waals surface area contributed by atoms with Gasteiger partial charge in [0.2, 0.25) is 0 Å². The van der Waals surface area contributed by atoms with Crippen molar-refractivity contribution in [2.75, 3.05) is 6.54 Å². The molecule has 0 saturated carbocycles. The predicted octanol–water partition coefficient (Wildman–Crippen LogP) is 2.11. The summed E-state index contributed by atoms with van der Waals surface area (Å²) >= 11 is 0. The van der Waals surface area contributed by atoms with Crippen LogP contribution in [0.1, 0.15) is 41.6 Å². The van der Waals surface area contributed by atoms with Gasteiger partial charge in [-0.2, -0.15) is 0 Å². The molecule has 2 heterocycles. The number of benzene rings is 1. The number of fused-ring (bicyclic) bond motifs is 2. The van der Waals surface area contributed by atoms with E-state index in [2.05, 4.69) is 6.92 Å². The second kappa shape index (κ2) is 4.37. The fourth-order valence-electron chi connectivity index (χ4n) is 3.37. The largest absolute Gasteiger partial charge is 0.481 e. The summed E-state index contributed by atoms with van der Waals surface area (Å²) in [6.07, 6.45) is 1.73. The van der Waals surface area contributed by atoms with Crippen LogP contribution in [0.4, 0.5) is 0 Å². The maximum atomic E-state index is 12.5. The molecule has 4 nitrogen and oxygen atoms in total. The first kappa shape index (κ1) is 12.2. The van der Waals surface area contributed by atoms with Gasteiger partial charge in [-0.15, -0.1) is 0 Å². The quantitative estimate of drug-likeness (QED) is 0.840. The SMILES string of the molecule is C[C@@H]1CCN2C(=O)c3ccccc3[C@H](C(=O)O)[C@@H]2C1. The molecule has 3 atom stereocenters. The van der Waals surface area contributed by atoms with Crippen molar-refractivity contribution in [3.63, 3.8) is 0 Å². The molecule has 19 heavy (non-hydrogen) atoms. The molecule has 100 valence electrons. The summed E-state index contributed by atoms with van der Waals surface area (Å²) in [6.45, 7) is 2.80. The van der Waals surface area contributed by atoms with Gasteiger partial charge in [0.05, 0.1) is 0 Å². The van der Waals surface area contributed by atoms with Gasteiger partial charge >= 0.3 is 5.97 Å². The monoisotopic (exact) mass is 259 g/mol. The van der Waals surface area contributed by atoms with Crippen molar-refractivity contribution < 1.29 is 14.7 Å². The molecule has 0 spiro atoms.